The zero-order valence-corrected chi connectivity index (χ0v) is 16.4. The molecule has 0 aliphatic carbocycles. The Bertz CT molecular complexity index is 943. The van der Waals surface area contributed by atoms with Crippen molar-refractivity contribution in [2.24, 2.45) is 15.3 Å². The predicted molar refractivity (Wildman–Crippen MR) is 100 cm³/mol. The van der Waals surface area contributed by atoms with Crippen LogP contribution in [0.5, 0.6) is 0 Å². The van der Waals surface area contributed by atoms with Gasteiger partial charge in [-0.15, -0.1) is 0 Å². The van der Waals surface area contributed by atoms with Crippen LogP contribution in [0.2, 0.25) is 0 Å². The summed E-state index contributed by atoms with van der Waals surface area (Å²) in [6.07, 6.45) is 2.64. The lowest BCUT2D eigenvalue weighted by Gasteiger charge is -2.34. The first-order valence-corrected chi connectivity index (χ1v) is 10.9. The van der Waals surface area contributed by atoms with Gasteiger partial charge in [0.1, 0.15) is 6.04 Å². The number of carbonyl (C=O) groups excluding carboxylic acids is 1. The first-order valence-electron chi connectivity index (χ1n) is 8.07. The molecule has 1 fully saturated rings. The minimum atomic E-state index is -3.32. The number of nitrogens with two attached hydrogens (primary N) is 1. The molecule has 1 aliphatic rings. The second-order valence-electron chi connectivity index (χ2n) is 6.05. The summed E-state index contributed by atoms with van der Waals surface area (Å²) in [5.74, 6) is 4.67. The van der Waals surface area contributed by atoms with E-state index in [1.165, 1.54) is 15.4 Å². The third-order valence-corrected chi connectivity index (χ3v) is 5.85. The molecule has 0 spiro atoms. The van der Waals surface area contributed by atoms with Gasteiger partial charge < -0.3 is 10.7 Å². The number of rotatable bonds is 6. The highest BCUT2D eigenvalue weighted by atomic mass is 32.2. The molecule has 1 aromatic rings. The van der Waals surface area contributed by atoms with Crippen LogP contribution in [-0.2, 0) is 31.7 Å². The zero-order valence-electron chi connectivity index (χ0n) is 14.7. The second kappa shape index (κ2) is 9.06. The van der Waals surface area contributed by atoms with Crippen molar-refractivity contribution >= 4 is 32.6 Å². The van der Waals surface area contributed by atoms with Gasteiger partial charge in [0.25, 0.3) is 0 Å². The lowest BCUT2D eigenvalue weighted by Crippen LogP contribution is -2.52. The van der Waals surface area contributed by atoms with Gasteiger partial charge in [-0.1, -0.05) is 24.3 Å². The molecule has 0 aromatic heterocycles. The average molecular weight is 415 g/mol. The molecule has 0 bridgehead atoms. The van der Waals surface area contributed by atoms with Gasteiger partial charge in [0.05, 0.1) is 12.5 Å². The topological polar surface area (TPSA) is 143 Å². The maximum Gasteiger partial charge on any atom is 0.311 e. The summed E-state index contributed by atoms with van der Waals surface area (Å²) in [5.41, 5.74) is 1.42. The van der Waals surface area contributed by atoms with Gasteiger partial charge in [0, 0.05) is 32.6 Å². The number of hydrogen-bond acceptors (Lipinski definition) is 8. The lowest BCUT2D eigenvalue weighted by molar-refractivity contribution is -0.133. The standard InChI is InChI=1S/C15H21N5O5S2/c1-27(24,25)20-7-5-19(6-8-20)15(21)14(18-26(22)23)10-12-3-2-4-13(9-12)11-17-16/h2-4,9,11,14H,5-8,10,16H2,1H3. The van der Waals surface area contributed by atoms with Crippen LogP contribution in [0.3, 0.4) is 0 Å². The summed E-state index contributed by atoms with van der Waals surface area (Å²) in [4.78, 5) is 14.2. The maximum absolute atomic E-state index is 12.7. The number of amides is 1. The van der Waals surface area contributed by atoms with Crippen molar-refractivity contribution in [3.05, 3.63) is 35.4 Å². The number of hydrogen-bond donors (Lipinski definition) is 1. The minimum absolute atomic E-state index is 0.0886. The molecule has 0 radical (unpaired) electrons. The molecule has 1 heterocycles. The van der Waals surface area contributed by atoms with Gasteiger partial charge in [-0.25, -0.2) is 8.42 Å². The number of piperazine rings is 1. The Morgan fingerprint density at radius 3 is 2.52 bits per heavy atom. The normalized spacial score (nSPS) is 17.0. The highest BCUT2D eigenvalue weighted by Gasteiger charge is 2.30. The smallest absolute Gasteiger partial charge is 0.311 e. The van der Waals surface area contributed by atoms with Gasteiger partial charge in [0.15, 0.2) is 0 Å². The molecule has 1 unspecified atom stereocenters. The fourth-order valence-corrected chi connectivity index (χ4v) is 4.03. The minimum Gasteiger partial charge on any atom is -0.338 e. The molecule has 27 heavy (non-hydrogen) atoms. The molecule has 1 atom stereocenters. The molecule has 1 aromatic carbocycles. The number of benzene rings is 1. The van der Waals surface area contributed by atoms with Crippen molar-refractivity contribution in [1.29, 1.82) is 0 Å². The summed E-state index contributed by atoms with van der Waals surface area (Å²) in [7, 11) is -6.07. The van der Waals surface area contributed by atoms with Gasteiger partial charge in [-0.05, 0) is 11.1 Å². The van der Waals surface area contributed by atoms with E-state index in [1.807, 2.05) is 0 Å². The van der Waals surface area contributed by atoms with Crippen molar-refractivity contribution in [2.75, 3.05) is 32.4 Å². The van der Waals surface area contributed by atoms with E-state index in [1.54, 1.807) is 24.3 Å². The Labute approximate surface area is 159 Å². The molecule has 1 aliphatic heterocycles. The first kappa shape index (κ1) is 21.0. The van der Waals surface area contributed by atoms with Crippen LogP contribution in [0.15, 0.2) is 33.7 Å². The van der Waals surface area contributed by atoms with Crippen LogP contribution in [0.25, 0.3) is 0 Å². The molecule has 2 N–H and O–H groups in total. The summed E-state index contributed by atoms with van der Waals surface area (Å²) >= 11 is 0. The molecular formula is C15H21N5O5S2. The summed E-state index contributed by atoms with van der Waals surface area (Å²) < 4.78 is 50.1. The van der Waals surface area contributed by atoms with Crippen LogP contribution >= 0.6 is 0 Å². The summed E-state index contributed by atoms with van der Waals surface area (Å²) in [6.45, 7) is 0.701. The van der Waals surface area contributed by atoms with E-state index >= 15 is 0 Å². The van der Waals surface area contributed by atoms with Gasteiger partial charge in [-0.3, -0.25) is 4.79 Å². The van der Waals surface area contributed by atoms with E-state index in [0.717, 1.165) is 6.26 Å². The molecule has 2 rings (SSSR count). The molecule has 10 nitrogen and oxygen atoms in total. The first-order chi connectivity index (χ1) is 12.7. The highest BCUT2D eigenvalue weighted by molar-refractivity contribution is 7.88. The van der Waals surface area contributed by atoms with Crippen LogP contribution in [0, 0.1) is 0 Å². The average Bonchev–Trinajstić information content (AvgIpc) is 2.60. The Balaban J connectivity index is 2.16. The Morgan fingerprint density at radius 2 is 1.96 bits per heavy atom. The largest absolute Gasteiger partial charge is 0.338 e. The van der Waals surface area contributed by atoms with E-state index in [2.05, 4.69) is 9.46 Å². The fraction of sp³-hybridized carbons (Fsp3) is 0.467. The van der Waals surface area contributed by atoms with Crippen molar-refractivity contribution in [2.45, 2.75) is 12.5 Å². The second-order valence-corrected chi connectivity index (χ2v) is 8.68. The number of hydrazone groups is 1. The lowest BCUT2D eigenvalue weighted by atomic mass is 10.0. The van der Waals surface area contributed by atoms with Crippen LogP contribution < -0.4 is 5.84 Å². The fourth-order valence-electron chi connectivity index (χ4n) is 2.83. The third-order valence-electron chi connectivity index (χ3n) is 4.12. The number of sulfonamides is 1. The molecule has 148 valence electrons. The maximum atomic E-state index is 12.7. The Hall–Kier alpha value is -2.31. The number of carbonyl (C=O) groups is 1. The van der Waals surface area contributed by atoms with Crippen molar-refractivity contribution < 1.29 is 21.6 Å². The summed E-state index contributed by atoms with van der Waals surface area (Å²) in [5, 5.41) is 3.43. The quantitative estimate of drug-likeness (QED) is 0.361. The van der Waals surface area contributed by atoms with Gasteiger partial charge in [-0.2, -0.15) is 22.2 Å². The predicted octanol–water partition coefficient (Wildman–Crippen LogP) is -0.943. The Kier molecular flexibility index (Phi) is 7.05. The van der Waals surface area contributed by atoms with Gasteiger partial charge >= 0.3 is 10.5 Å². The molecule has 12 heteroatoms. The van der Waals surface area contributed by atoms with E-state index in [-0.39, 0.29) is 32.6 Å². The van der Waals surface area contributed by atoms with Crippen molar-refractivity contribution in [3.63, 3.8) is 0 Å². The van der Waals surface area contributed by atoms with Crippen molar-refractivity contribution in [3.8, 4) is 0 Å². The molecule has 0 saturated carbocycles. The molecule has 1 saturated heterocycles. The molecular weight excluding hydrogens is 394 g/mol. The Morgan fingerprint density at radius 1 is 1.30 bits per heavy atom. The molecule has 1 amide bonds. The van der Waals surface area contributed by atoms with Crippen LogP contribution in [0.1, 0.15) is 11.1 Å². The summed E-state index contributed by atoms with van der Waals surface area (Å²) in [6, 6.07) is 5.88. The third kappa shape index (κ3) is 6.12. The van der Waals surface area contributed by atoms with E-state index in [9.17, 15) is 21.6 Å². The van der Waals surface area contributed by atoms with E-state index in [0.29, 0.717) is 11.1 Å². The van der Waals surface area contributed by atoms with Crippen LogP contribution in [-0.4, -0.2) is 76.6 Å². The highest BCUT2D eigenvalue weighted by Crippen LogP contribution is 2.13. The van der Waals surface area contributed by atoms with E-state index < -0.39 is 32.5 Å². The number of nitrogens with zero attached hydrogens (tertiary/aromatic N) is 4. The monoisotopic (exact) mass is 415 g/mol. The van der Waals surface area contributed by atoms with Gasteiger partial charge in [0.2, 0.25) is 15.9 Å². The zero-order chi connectivity index (χ0) is 20.0. The SMILES string of the molecule is CS(=O)(=O)N1CCN(C(=O)C(Cc2cccc(C=NN)c2)N=S(=O)=O)CC1. The van der Waals surface area contributed by atoms with E-state index in [4.69, 9.17) is 5.84 Å². The van der Waals surface area contributed by atoms with Crippen LogP contribution in [0.4, 0.5) is 0 Å². The van der Waals surface area contributed by atoms with Crippen molar-refractivity contribution in [1.82, 2.24) is 9.21 Å².